The Morgan fingerprint density at radius 3 is 2.27 bits per heavy atom. The Balaban J connectivity index is 4.49. The molecule has 0 radical (unpaired) electrons. The van der Waals surface area contributed by atoms with Crippen molar-refractivity contribution in [2.75, 3.05) is 0 Å². The maximum Gasteiger partial charge on any atom is 0.240 e. The number of carbonyl (C=O) groups excluding carboxylic acids is 2. The first-order chi connectivity index (χ1) is 6.90. The Hall–Kier alpha value is -1.57. The second kappa shape index (κ2) is 6.02. The van der Waals surface area contributed by atoms with E-state index in [2.05, 4.69) is 5.32 Å². The summed E-state index contributed by atoms with van der Waals surface area (Å²) in [6, 6.07) is 1.18. The lowest BCUT2D eigenvalue weighted by atomic mass is 9.97. The van der Waals surface area contributed by atoms with Gasteiger partial charge in [0.05, 0.1) is 6.07 Å². The summed E-state index contributed by atoms with van der Waals surface area (Å²) >= 11 is 0. The number of nitrogens with two attached hydrogens (primary N) is 1. The molecule has 5 heteroatoms. The Kier molecular flexibility index (Phi) is 5.39. The van der Waals surface area contributed by atoms with Crippen LogP contribution in [0.25, 0.3) is 0 Å². The molecular weight excluding hydrogens is 194 g/mol. The van der Waals surface area contributed by atoms with Gasteiger partial charge >= 0.3 is 0 Å². The van der Waals surface area contributed by atoms with Crippen LogP contribution in [0.15, 0.2) is 0 Å². The fraction of sp³-hybridized carbons (Fsp3) is 0.700. The molecule has 5 nitrogen and oxygen atoms in total. The summed E-state index contributed by atoms with van der Waals surface area (Å²) in [5.74, 6) is -1.31. The molecule has 0 aromatic rings. The number of hydrogen-bond donors (Lipinski definition) is 2. The predicted molar refractivity (Wildman–Crippen MR) is 55.4 cm³/mol. The number of nitrogens with one attached hydrogen (secondary N) is 1. The maximum absolute atomic E-state index is 11.4. The number of primary amides is 1. The molecule has 2 amide bonds. The van der Waals surface area contributed by atoms with E-state index in [4.69, 9.17) is 11.0 Å². The highest BCUT2D eigenvalue weighted by Crippen LogP contribution is 2.08. The monoisotopic (exact) mass is 211 g/mol. The highest BCUT2D eigenvalue weighted by Gasteiger charge is 2.25. The Bertz CT molecular complexity index is 281. The van der Waals surface area contributed by atoms with Crippen molar-refractivity contribution >= 4 is 11.8 Å². The minimum Gasteiger partial charge on any atom is -0.368 e. The SMILES string of the molecule is CC(C)C(=O)N[C@@H](C(N)=O)[C@@H](C)CC#N. The van der Waals surface area contributed by atoms with E-state index in [1.54, 1.807) is 20.8 Å². The molecule has 0 fully saturated rings. The predicted octanol–water partition coefficient (Wildman–Crippen LogP) is 0.162. The summed E-state index contributed by atoms with van der Waals surface area (Å²) in [6.45, 7) is 5.16. The molecule has 0 rings (SSSR count). The quantitative estimate of drug-likeness (QED) is 0.678. The van der Waals surface area contributed by atoms with Crippen LogP contribution in [0.3, 0.4) is 0 Å². The number of hydrogen-bond acceptors (Lipinski definition) is 3. The maximum atomic E-state index is 11.4. The topological polar surface area (TPSA) is 96.0 Å². The van der Waals surface area contributed by atoms with E-state index in [9.17, 15) is 9.59 Å². The third-order valence-corrected chi connectivity index (χ3v) is 2.11. The molecule has 3 N–H and O–H groups in total. The zero-order valence-corrected chi connectivity index (χ0v) is 9.28. The fourth-order valence-corrected chi connectivity index (χ4v) is 1.08. The van der Waals surface area contributed by atoms with Gasteiger partial charge in [-0.3, -0.25) is 9.59 Å². The largest absolute Gasteiger partial charge is 0.368 e. The van der Waals surface area contributed by atoms with Gasteiger partial charge in [-0.15, -0.1) is 0 Å². The van der Waals surface area contributed by atoms with Gasteiger partial charge < -0.3 is 11.1 Å². The molecule has 0 spiro atoms. The molecule has 0 bridgehead atoms. The van der Waals surface area contributed by atoms with Crippen molar-refractivity contribution in [1.82, 2.24) is 5.32 Å². The molecule has 0 heterocycles. The Morgan fingerprint density at radius 1 is 1.40 bits per heavy atom. The van der Waals surface area contributed by atoms with Gasteiger partial charge in [0.25, 0.3) is 0 Å². The number of amides is 2. The van der Waals surface area contributed by atoms with Crippen molar-refractivity contribution in [1.29, 1.82) is 5.26 Å². The summed E-state index contributed by atoms with van der Waals surface area (Å²) in [5, 5.41) is 11.0. The first-order valence-electron chi connectivity index (χ1n) is 4.86. The van der Waals surface area contributed by atoms with Gasteiger partial charge in [0.15, 0.2) is 0 Å². The van der Waals surface area contributed by atoms with Gasteiger partial charge in [0, 0.05) is 12.3 Å². The standard InChI is InChI=1S/C10H17N3O2/c1-6(2)10(15)13-8(9(12)14)7(3)4-5-11/h6-8H,4H2,1-3H3,(H2,12,14)(H,13,15)/t7-,8+/m0/s1. The average molecular weight is 211 g/mol. The lowest BCUT2D eigenvalue weighted by molar-refractivity contribution is -0.130. The van der Waals surface area contributed by atoms with Gasteiger partial charge in [-0.05, 0) is 5.92 Å². The van der Waals surface area contributed by atoms with Gasteiger partial charge in [-0.25, -0.2) is 0 Å². The average Bonchev–Trinajstić information content (AvgIpc) is 2.13. The molecule has 0 saturated carbocycles. The molecule has 0 aromatic heterocycles. The van der Waals surface area contributed by atoms with Crippen LogP contribution in [0.1, 0.15) is 27.2 Å². The fourth-order valence-electron chi connectivity index (χ4n) is 1.08. The van der Waals surface area contributed by atoms with E-state index in [1.807, 2.05) is 6.07 Å². The van der Waals surface area contributed by atoms with E-state index < -0.39 is 11.9 Å². The molecule has 0 aliphatic rings. The highest BCUT2D eigenvalue weighted by molar-refractivity contribution is 5.87. The summed E-state index contributed by atoms with van der Waals surface area (Å²) < 4.78 is 0. The smallest absolute Gasteiger partial charge is 0.240 e. The van der Waals surface area contributed by atoms with Crippen molar-refractivity contribution in [3.05, 3.63) is 0 Å². The van der Waals surface area contributed by atoms with Crippen LogP contribution in [0.2, 0.25) is 0 Å². The molecule has 2 atom stereocenters. The van der Waals surface area contributed by atoms with E-state index in [1.165, 1.54) is 0 Å². The van der Waals surface area contributed by atoms with E-state index in [0.29, 0.717) is 0 Å². The minimum atomic E-state index is -0.764. The Labute approximate surface area is 89.6 Å². The van der Waals surface area contributed by atoms with Crippen molar-refractivity contribution in [2.24, 2.45) is 17.6 Å². The summed E-state index contributed by atoms with van der Waals surface area (Å²) in [4.78, 5) is 22.4. The van der Waals surface area contributed by atoms with Crippen LogP contribution >= 0.6 is 0 Å². The zero-order chi connectivity index (χ0) is 12.0. The Morgan fingerprint density at radius 2 is 1.93 bits per heavy atom. The number of carbonyl (C=O) groups is 2. The van der Waals surface area contributed by atoms with Crippen LogP contribution < -0.4 is 11.1 Å². The van der Waals surface area contributed by atoms with Gasteiger partial charge in [0.1, 0.15) is 6.04 Å². The normalized spacial score (nSPS) is 14.1. The molecule has 15 heavy (non-hydrogen) atoms. The van der Waals surface area contributed by atoms with Gasteiger partial charge in [-0.1, -0.05) is 20.8 Å². The number of rotatable bonds is 5. The van der Waals surface area contributed by atoms with Crippen molar-refractivity contribution in [3.63, 3.8) is 0 Å². The third-order valence-electron chi connectivity index (χ3n) is 2.11. The highest BCUT2D eigenvalue weighted by atomic mass is 16.2. The first-order valence-corrected chi connectivity index (χ1v) is 4.86. The lowest BCUT2D eigenvalue weighted by Gasteiger charge is -2.21. The molecular formula is C10H17N3O2. The summed E-state index contributed by atoms with van der Waals surface area (Å²) in [6.07, 6.45) is 0.186. The van der Waals surface area contributed by atoms with Crippen molar-refractivity contribution in [3.8, 4) is 6.07 Å². The van der Waals surface area contributed by atoms with Crippen LogP contribution in [-0.2, 0) is 9.59 Å². The van der Waals surface area contributed by atoms with Crippen LogP contribution in [0.5, 0.6) is 0 Å². The molecule has 0 aliphatic carbocycles. The summed E-state index contributed by atoms with van der Waals surface area (Å²) in [7, 11) is 0. The molecule has 0 aliphatic heterocycles. The van der Waals surface area contributed by atoms with Crippen molar-refractivity contribution < 1.29 is 9.59 Å². The summed E-state index contributed by atoms with van der Waals surface area (Å²) in [5.41, 5.74) is 5.15. The van der Waals surface area contributed by atoms with Crippen LogP contribution in [-0.4, -0.2) is 17.9 Å². The number of nitrogens with zero attached hydrogens (tertiary/aromatic N) is 1. The second-order valence-electron chi connectivity index (χ2n) is 3.88. The van der Waals surface area contributed by atoms with Crippen LogP contribution in [0.4, 0.5) is 0 Å². The van der Waals surface area contributed by atoms with E-state index in [-0.39, 0.29) is 24.2 Å². The van der Waals surface area contributed by atoms with Crippen molar-refractivity contribution in [2.45, 2.75) is 33.2 Å². The van der Waals surface area contributed by atoms with Crippen LogP contribution in [0, 0.1) is 23.2 Å². The number of nitriles is 1. The van der Waals surface area contributed by atoms with Gasteiger partial charge in [-0.2, -0.15) is 5.26 Å². The molecule has 0 unspecified atom stereocenters. The first kappa shape index (κ1) is 13.4. The second-order valence-corrected chi connectivity index (χ2v) is 3.88. The minimum absolute atomic E-state index is 0.186. The van der Waals surface area contributed by atoms with E-state index in [0.717, 1.165) is 0 Å². The lowest BCUT2D eigenvalue weighted by Crippen LogP contribution is -2.49. The third kappa shape index (κ3) is 4.45. The zero-order valence-electron chi connectivity index (χ0n) is 9.28. The molecule has 0 saturated heterocycles. The molecule has 0 aromatic carbocycles. The van der Waals surface area contributed by atoms with E-state index >= 15 is 0 Å². The molecule has 84 valence electrons. The van der Waals surface area contributed by atoms with Gasteiger partial charge in [0.2, 0.25) is 11.8 Å².